The van der Waals surface area contributed by atoms with Crippen molar-refractivity contribution in [2.24, 2.45) is 0 Å². The first-order valence-electron chi connectivity index (χ1n) is 5.60. The molecule has 17 heavy (non-hydrogen) atoms. The molecule has 1 heterocycles. The van der Waals surface area contributed by atoms with Gasteiger partial charge in [0.2, 0.25) is 0 Å². The topological polar surface area (TPSA) is 0 Å². The Bertz CT molecular complexity index is 496. The van der Waals surface area contributed by atoms with Crippen molar-refractivity contribution in [1.29, 1.82) is 0 Å². The molecule has 0 amide bonds. The van der Waals surface area contributed by atoms with Crippen LogP contribution >= 0.6 is 34.5 Å². The Kier molecular flexibility index (Phi) is 4.13. The average Bonchev–Trinajstić information content (AvgIpc) is 2.75. The van der Waals surface area contributed by atoms with E-state index < -0.39 is 0 Å². The van der Waals surface area contributed by atoms with E-state index in [2.05, 4.69) is 25.1 Å². The molecule has 0 aliphatic heterocycles. The Labute approximate surface area is 116 Å². The van der Waals surface area contributed by atoms with Crippen molar-refractivity contribution in [1.82, 2.24) is 0 Å². The molecule has 0 N–H and O–H groups in total. The van der Waals surface area contributed by atoms with Gasteiger partial charge < -0.3 is 0 Å². The number of rotatable bonds is 3. The molecule has 1 aromatic heterocycles. The van der Waals surface area contributed by atoms with Gasteiger partial charge in [-0.25, -0.2) is 0 Å². The monoisotopic (exact) mass is 284 g/mol. The van der Waals surface area contributed by atoms with Crippen LogP contribution in [-0.2, 0) is 6.42 Å². The van der Waals surface area contributed by atoms with E-state index in [1.165, 1.54) is 9.75 Å². The first kappa shape index (κ1) is 12.9. The van der Waals surface area contributed by atoms with Crippen LogP contribution in [0.25, 0.3) is 0 Å². The summed E-state index contributed by atoms with van der Waals surface area (Å²) in [5, 5.41) is 0.649. The van der Waals surface area contributed by atoms with Crippen LogP contribution in [0, 0.1) is 6.92 Å². The normalized spacial score (nSPS) is 12.7. The highest BCUT2D eigenvalue weighted by Gasteiger charge is 2.14. The molecule has 0 saturated carbocycles. The van der Waals surface area contributed by atoms with E-state index in [0.717, 1.165) is 22.6 Å². The van der Waals surface area contributed by atoms with Crippen LogP contribution in [0.1, 0.15) is 33.2 Å². The summed E-state index contributed by atoms with van der Waals surface area (Å²) in [5.74, 6) is 0. The summed E-state index contributed by atoms with van der Waals surface area (Å²) < 4.78 is 0. The van der Waals surface area contributed by atoms with Gasteiger partial charge in [0.1, 0.15) is 0 Å². The van der Waals surface area contributed by atoms with E-state index in [-0.39, 0.29) is 5.38 Å². The Morgan fingerprint density at radius 2 is 2.00 bits per heavy atom. The molecule has 2 rings (SSSR count). The SMILES string of the molecule is CCc1ccc(C(Cl)c2cc(C)cc(Cl)c2)s1. The summed E-state index contributed by atoms with van der Waals surface area (Å²) in [6, 6.07) is 10.2. The van der Waals surface area contributed by atoms with Crippen molar-refractivity contribution in [2.45, 2.75) is 25.6 Å². The van der Waals surface area contributed by atoms with E-state index >= 15 is 0 Å². The van der Waals surface area contributed by atoms with E-state index in [1.54, 1.807) is 11.3 Å². The number of thiophene rings is 1. The maximum atomic E-state index is 6.50. The second-order valence-corrected chi connectivity index (χ2v) is 6.15. The molecule has 0 nitrogen and oxygen atoms in total. The summed E-state index contributed by atoms with van der Waals surface area (Å²) in [6.07, 6.45) is 1.06. The second kappa shape index (κ2) is 5.43. The third kappa shape index (κ3) is 3.04. The fourth-order valence-corrected chi connectivity index (χ4v) is 3.39. The lowest BCUT2D eigenvalue weighted by Crippen LogP contribution is -1.91. The third-order valence-corrected chi connectivity index (χ3v) is 4.77. The van der Waals surface area contributed by atoms with Crippen LogP contribution in [0.5, 0.6) is 0 Å². The van der Waals surface area contributed by atoms with Crippen molar-refractivity contribution in [2.75, 3.05) is 0 Å². The van der Waals surface area contributed by atoms with E-state index in [0.29, 0.717) is 0 Å². The molecule has 0 spiro atoms. The summed E-state index contributed by atoms with van der Waals surface area (Å²) in [6.45, 7) is 4.19. The minimum Gasteiger partial charge on any atom is -0.143 e. The highest BCUT2D eigenvalue weighted by molar-refractivity contribution is 7.12. The number of hydrogen-bond donors (Lipinski definition) is 0. The minimum atomic E-state index is -0.0994. The van der Waals surface area contributed by atoms with Gasteiger partial charge in [0.15, 0.2) is 0 Å². The van der Waals surface area contributed by atoms with Gasteiger partial charge in [-0.05, 0) is 48.7 Å². The van der Waals surface area contributed by atoms with Gasteiger partial charge >= 0.3 is 0 Å². The van der Waals surface area contributed by atoms with Crippen LogP contribution in [0.2, 0.25) is 5.02 Å². The number of aryl methyl sites for hydroxylation is 2. The summed E-state index contributed by atoms with van der Waals surface area (Å²) >= 11 is 14.3. The summed E-state index contributed by atoms with van der Waals surface area (Å²) in [4.78, 5) is 2.55. The molecule has 1 atom stereocenters. The molecule has 1 unspecified atom stereocenters. The van der Waals surface area contributed by atoms with Gasteiger partial charge in [0.25, 0.3) is 0 Å². The van der Waals surface area contributed by atoms with Crippen molar-refractivity contribution in [3.05, 3.63) is 56.2 Å². The van der Waals surface area contributed by atoms with Crippen LogP contribution in [0.4, 0.5) is 0 Å². The molecule has 90 valence electrons. The molecule has 0 aliphatic carbocycles. The summed E-state index contributed by atoms with van der Waals surface area (Å²) in [7, 11) is 0. The maximum absolute atomic E-state index is 6.50. The van der Waals surface area contributed by atoms with Crippen molar-refractivity contribution < 1.29 is 0 Å². The van der Waals surface area contributed by atoms with Crippen LogP contribution in [-0.4, -0.2) is 0 Å². The third-order valence-electron chi connectivity index (χ3n) is 2.64. The Balaban J connectivity index is 2.32. The van der Waals surface area contributed by atoms with Crippen molar-refractivity contribution >= 4 is 34.5 Å². The zero-order valence-corrected chi connectivity index (χ0v) is 12.2. The molecule has 0 radical (unpaired) electrons. The molecule has 1 aromatic carbocycles. The van der Waals surface area contributed by atoms with Gasteiger partial charge in [-0.3, -0.25) is 0 Å². The lowest BCUT2D eigenvalue weighted by molar-refractivity contribution is 1.17. The van der Waals surface area contributed by atoms with Crippen molar-refractivity contribution in [3.8, 4) is 0 Å². The molecular weight excluding hydrogens is 271 g/mol. The van der Waals surface area contributed by atoms with Gasteiger partial charge in [-0.2, -0.15) is 0 Å². The zero-order chi connectivity index (χ0) is 12.4. The largest absolute Gasteiger partial charge is 0.143 e. The van der Waals surface area contributed by atoms with Crippen molar-refractivity contribution in [3.63, 3.8) is 0 Å². The Hall–Kier alpha value is -0.500. The predicted octanol–water partition coefficient (Wildman–Crippen LogP) is 5.60. The molecule has 0 fully saturated rings. The molecule has 3 heteroatoms. The Morgan fingerprint density at radius 3 is 2.59 bits per heavy atom. The Morgan fingerprint density at radius 1 is 1.24 bits per heavy atom. The predicted molar refractivity (Wildman–Crippen MR) is 77.6 cm³/mol. The smallest absolute Gasteiger partial charge is 0.0928 e. The quantitative estimate of drug-likeness (QED) is 0.644. The first-order chi connectivity index (χ1) is 8.10. The number of alkyl halides is 1. The average molecular weight is 285 g/mol. The van der Waals surface area contributed by atoms with E-state index in [9.17, 15) is 0 Å². The van der Waals surface area contributed by atoms with E-state index in [1.807, 2.05) is 19.1 Å². The summed E-state index contributed by atoms with van der Waals surface area (Å²) in [5.41, 5.74) is 2.21. The maximum Gasteiger partial charge on any atom is 0.0928 e. The molecule has 0 bridgehead atoms. The standard InChI is InChI=1S/C14H14Cl2S/c1-3-12-4-5-13(17-12)14(16)10-6-9(2)7-11(15)8-10/h4-8,14H,3H2,1-2H3. The van der Waals surface area contributed by atoms with Gasteiger partial charge in [0.05, 0.1) is 5.38 Å². The van der Waals surface area contributed by atoms with Gasteiger partial charge in [-0.1, -0.05) is 24.6 Å². The van der Waals surface area contributed by atoms with Crippen LogP contribution in [0.15, 0.2) is 30.3 Å². The number of benzene rings is 1. The fraction of sp³-hybridized carbons (Fsp3) is 0.286. The van der Waals surface area contributed by atoms with Gasteiger partial charge in [0, 0.05) is 14.8 Å². The highest BCUT2D eigenvalue weighted by Crippen LogP contribution is 2.35. The minimum absolute atomic E-state index is 0.0994. The number of hydrogen-bond acceptors (Lipinski definition) is 1. The second-order valence-electron chi connectivity index (χ2n) is 4.08. The van der Waals surface area contributed by atoms with Crippen LogP contribution < -0.4 is 0 Å². The van der Waals surface area contributed by atoms with Crippen LogP contribution in [0.3, 0.4) is 0 Å². The lowest BCUT2D eigenvalue weighted by atomic mass is 10.1. The molecular formula is C14H14Cl2S. The van der Waals surface area contributed by atoms with Gasteiger partial charge in [-0.15, -0.1) is 22.9 Å². The molecule has 0 saturated heterocycles. The first-order valence-corrected chi connectivity index (χ1v) is 7.23. The lowest BCUT2D eigenvalue weighted by Gasteiger charge is -2.09. The van der Waals surface area contributed by atoms with E-state index in [4.69, 9.17) is 23.2 Å². The molecule has 0 aliphatic rings. The fourth-order valence-electron chi connectivity index (χ4n) is 1.80. The molecule has 2 aromatic rings. The zero-order valence-electron chi connectivity index (χ0n) is 9.84. The number of halogens is 2. The highest BCUT2D eigenvalue weighted by atomic mass is 35.5.